The standard InChI is InChI=1S/C14H15N3O.ClH/c15-14(9-4-10-14)13-16-12(18-17-13)8-7-11-5-2-1-3-6-11;/h1-3,5-8H,4,9-10,15H2;1H/b8-7+;. The summed E-state index contributed by atoms with van der Waals surface area (Å²) in [5.74, 6) is 1.13. The zero-order valence-corrected chi connectivity index (χ0v) is 11.3. The van der Waals surface area contributed by atoms with Gasteiger partial charge in [0, 0.05) is 6.08 Å². The second kappa shape index (κ2) is 5.55. The lowest BCUT2D eigenvalue weighted by Gasteiger charge is -2.34. The Bertz CT molecular complexity index is 561. The van der Waals surface area contributed by atoms with Gasteiger partial charge in [0.25, 0.3) is 5.89 Å². The van der Waals surface area contributed by atoms with Crippen LogP contribution in [0.5, 0.6) is 0 Å². The molecule has 0 bridgehead atoms. The van der Waals surface area contributed by atoms with Crippen molar-refractivity contribution in [1.29, 1.82) is 0 Å². The van der Waals surface area contributed by atoms with Gasteiger partial charge in [-0.3, -0.25) is 0 Å². The highest BCUT2D eigenvalue weighted by Gasteiger charge is 2.38. The van der Waals surface area contributed by atoms with Crippen LogP contribution >= 0.6 is 12.4 Å². The minimum atomic E-state index is -0.359. The molecule has 3 rings (SSSR count). The second-order valence-electron chi connectivity index (χ2n) is 4.71. The molecule has 1 fully saturated rings. The largest absolute Gasteiger partial charge is 0.335 e. The minimum Gasteiger partial charge on any atom is -0.335 e. The molecule has 0 radical (unpaired) electrons. The number of nitrogens with zero attached hydrogens (tertiary/aromatic N) is 2. The number of aromatic nitrogens is 2. The molecular formula is C14H16ClN3O. The topological polar surface area (TPSA) is 64.9 Å². The molecule has 0 amide bonds. The van der Waals surface area contributed by atoms with Crippen LogP contribution < -0.4 is 5.73 Å². The van der Waals surface area contributed by atoms with Crippen molar-refractivity contribution >= 4 is 24.6 Å². The number of benzene rings is 1. The van der Waals surface area contributed by atoms with Crippen LogP contribution in [0.3, 0.4) is 0 Å². The Morgan fingerprint density at radius 3 is 2.53 bits per heavy atom. The van der Waals surface area contributed by atoms with E-state index >= 15 is 0 Å². The lowest BCUT2D eigenvalue weighted by Crippen LogP contribution is -2.44. The molecule has 1 aromatic heterocycles. The Labute approximate surface area is 118 Å². The molecular weight excluding hydrogens is 262 g/mol. The van der Waals surface area contributed by atoms with Gasteiger partial charge in [0.2, 0.25) is 0 Å². The Morgan fingerprint density at radius 2 is 1.89 bits per heavy atom. The first kappa shape index (κ1) is 13.8. The van der Waals surface area contributed by atoms with E-state index in [2.05, 4.69) is 10.1 Å². The van der Waals surface area contributed by atoms with Gasteiger partial charge in [0.1, 0.15) is 0 Å². The van der Waals surface area contributed by atoms with Gasteiger partial charge >= 0.3 is 0 Å². The second-order valence-corrected chi connectivity index (χ2v) is 4.71. The fourth-order valence-corrected chi connectivity index (χ4v) is 2.02. The molecule has 0 atom stereocenters. The summed E-state index contributed by atoms with van der Waals surface area (Å²) < 4.78 is 5.18. The molecule has 0 spiro atoms. The maximum absolute atomic E-state index is 6.14. The molecule has 5 heteroatoms. The molecule has 0 aliphatic heterocycles. The van der Waals surface area contributed by atoms with Gasteiger partial charge in [0.15, 0.2) is 5.82 Å². The summed E-state index contributed by atoms with van der Waals surface area (Å²) >= 11 is 0. The van der Waals surface area contributed by atoms with Crippen LogP contribution in [0.2, 0.25) is 0 Å². The molecule has 19 heavy (non-hydrogen) atoms. The summed E-state index contributed by atoms with van der Waals surface area (Å²) in [6.45, 7) is 0. The van der Waals surface area contributed by atoms with Crippen molar-refractivity contribution < 1.29 is 4.52 Å². The first-order valence-electron chi connectivity index (χ1n) is 6.12. The molecule has 1 aromatic carbocycles. The summed E-state index contributed by atoms with van der Waals surface area (Å²) in [7, 11) is 0. The fourth-order valence-electron chi connectivity index (χ4n) is 2.02. The van der Waals surface area contributed by atoms with E-state index in [1.807, 2.05) is 42.5 Å². The number of hydrogen-bond donors (Lipinski definition) is 1. The Balaban J connectivity index is 0.00000133. The van der Waals surface area contributed by atoms with E-state index < -0.39 is 0 Å². The minimum absolute atomic E-state index is 0. The SMILES string of the molecule is Cl.NC1(c2noc(/C=C/c3ccccc3)n2)CCC1. The van der Waals surface area contributed by atoms with Crippen LogP contribution in [-0.2, 0) is 5.54 Å². The smallest absolute Gasteiger partial charge is 0.250 e. The molecule has 1 aliphatic rings. The van der Waals surface area contributed by atoms with Crippen molar-refractivity contribution in [3.63, 3.8) is 0 Å². The van der Waals surface area contributed by atoms with Crippen LogP contribution in [0.4, 0.5) is 0 Å². The van der Waals surface area contributed by atoms with E-state index in [1.54, 1.807) is 0 Å². The fraction of sp³-hybridized carbons (Fsp3) is 0.286. The van der Waals surface area contributed by atoms with E-state index in [1.165, 1.54) is 0 Å². The van der Waals surface area contributed by atoms with E-state index in [-0.39, 0.29) is 17.9 Å². The van der Waals surface area contributed by atoms with Gasteiger partial charge < -0.3 is 10.3 Å². The first-order valence-corrected chi connectivity index (χ1v) is 6.12. The van der Waals surface area contributed by atoms with Gasteiger partial charge in [-0.05, 0) is 30.9 Å². The third-order valence-corrected chi connectivity index (χ3v) is 3.35. The van der Waals surface area contributed by atoms with Crippen LogP contribution in [-0.4, -0.2) is 10.1 Å². The molecule has 2 N–H and O–H groups in total. The Hall–Kier alpha value is -1.65. The number of nitrogens with two attached hydrogens (primary N) is 1. The molecule has 2 aromatic rings. The maximum Gasteiger partial charge on any atom is 0.250 e. The summed E-state index contributed by atoms with van der Waals surface area (Å²) in [6, 6.07) is 10.00. The number of rotatable bonds is 3. The van der Waals surface area contributed by atoms with Crippen molar-refractivity contribution in [1.82, 2.24) is 10.1 Å². The lowest BCUT2D eigenvalue weighted by atomic mass is 9.77. The van der Waals surface area contributed by atoms with Crippen LogP contribution in [0.1, 0.15) is 36.5 Å². The lowest BCUT2D eigenvalue weighted by molar-refractivity contribution is 0.229. The van der Waals surface area contributed by atoms with E-state index in [0.29, 0.717) is 11.7 Å². The average molecular weight is 278 g/mol. The zero-order valence-electron chi connectivity index (χ0n) is 10.5. The van der Waals surface area contributed by atoms with E-state index in [0.717, 1.165) is 24.8 Å². The van der Waals surface area contributed by atoms with E-state index in [9.17, 15) is 0 Å². The average Bonchev–Trinajstić information content (AvgIpc) is 2.84. The molecule has 100 valence electrons. The van der Waals surface area contributed by atoms with Crippen molar-refractivity contribution in [2.75, 3.05) is 0 Å². The summed E-state index contributed by atoms with van der Waals surface area (Å²) in [5.41, 5.74) is 6.88. The van der Waals surface area contributed by atoms with Crippen molar-refractivity contribution in [2.45, 2.75) is 24.8 Å². The van der Waals surface area contributed by atoms with Crippen LogP contribution in [0.15, 0.2) is 34.9 Å². The summed E-state index contributed by atoms with van der Waals surface area (Å²) in [6.07, 6.45) is 6.78. The Morgan fingerprint density at radius 1 is 1.16 bits per heavy atom. The quantitative estimate of drug-likeness (QED) is 0.937. The molecule has 1 saturated carbocycles. The maximum atomic E-state index is 6.14. The third kappa shape index (κ3) is 2.85. The van der Waals surface area contributed by atoms with Gasteiger partial charge in [-0.15, -0.1) is 12.4 Å². The van der Waals surface area contributed by atoms with Gasteiger partial charge in [-0.25, -0.2) is 0 Å². The van der Waals surface area contributed by atoms with Crippen molar-refractivity contribution in [2.24, 2.45) is 5.73 Å². The third-order valence-electron chi connectivity index (χ3n) is 3.35. The van der Waals surface area contributed by atoms with Crippen LogP contribution in [0, 0.1) is 0 Å². The highest BCUT2D eigenvalue weighted by atomic mass is 35.5. The van der Waals surface area contributed by atoms with Gasteiger partial charge in [0.05, 0.1) is 5.54 Å². The zero-order chi connectivity index (χ0) is 12.4. The van der Waals surface area contributed by atoms with Gasteiger partial charge in [-0.1, -0.05) is 35.5 Å². The highest BCUT2D eigenvalue weighted by Crippen LogP contribution is 2.36. The first-order chi connectivity index (χ1) is 8.76. The summed E-state index contributed by atoms with van der Waals surface area (Å²) in [4.78, 5) is 4.33. The van der Waals surface area contributed by atoms with Crippen molar-refractivity contribution in [3.8, 4) is 0 Å². The predicted octanol–water partition coefficient (Wildman–Crippen LogP) is 3.00. The van der Waals surface area contributed by atoms with Crippen LogP contribution in [0.25, 0.3) is 12.2 Å². The molecule has 1 heterocycles. The van der Waals surface area contributed by atoms with E-state index in [4.69, 9.17) is 10.3 Å². The molecule has 1 aliphatic carbocycles. The predicted molar refractivity (Wildman–Crippen MR) is 76.6 cm³/mol. The number of halogens is 1. The summed E-state index contributed by atoms with van der Waals surface area (Å²) in [5, 5.41) is 3.96. The Kier molecular flexibility index (Phi) is 4.02. The normalized spacial score (nSPS) is 16.9. The monoisotopic (exact) mass is 277 g/mol. The molecule has 4 nitrogen and oxygen atoms in total. The van der Waals surface area contributed by atoms with Gasteiger partial charge in [-0.2, -0.15) is 4.98 Å². The number of hydrogen-bond acceptors (Lipinski definition) is 4. The molecule has 0 saturated heterocycles. The van der Waals surface area contributed by atoms with Crippen molar-refractivity contribution in [3.05, 3.63) is 47.6 Å². The molecule has 0 unspecified atom stereocenters. The highest BCUT2D eigenvalue weighted by molar-refractivity contribution is 5.85.